The number of benzene rings is 1. The molecule has 3 heteroatoms. The van der Waals surface area contributed by atoms with Crippen LogP contribution in [-0.2, 0) is 6.54 Å². The van der Waals surface area contributed by atoms with Crippen molar-refractivity contribution in [3.63, 3.8) is 0 Å². The van der Waals surface area contributed by atoms with Crippen LogP contribution in [-0.4, -0.2) is 30.3 Å². The third-order valence-corrected chi connectivity index (χ3v) is 6.81. The Labute approximate surface area is 166 Å². The number of Topliss-reactive ketones (excluding diaryl/α,β-unsaturated/α-hetero) is 1. The summed E-state index contributed by atoms with van der Waals surface area (Å²) in [5.74, 6) is 1.18. The third-order valence-electron chi connectivity index (χ3n) is 6.81. The standard InChI is InChI=1S/C24H40N2O/c1-4-7-10-20-13-15-26(16-14-20)19-24(5-2,6-3)17-23(27)22-12-9-8-11-21(22)18-25/h8-9,11-12,20H,4-7,10,13-19,25H2,1-3H3. The average Bonchev–Trinajstić information content (AvgIpc) is 2.72. The van der Waals surface area contributed by atoms with Gasteiger partial charge in [0, 0.05) is 25.1 Å². The maximum atomic E-state index is 13.1. The van der Waals surface area contributed by atoms with Crippen molar-refractivity contribution in [1.29, 1.82) is 0 Å². The van der Waals surface area contributed by atoms with Crippen molar-refractivity contribution in [2.24, 2.45) is 17.1 Å². The van der Waals surface area contributed by atoms with Crippen LogP contribution in [0.4, 0.5) is 0 Å². The van der Waals surface area contributed by atoms with Crippen LogP contribution in [0.5, 0.6) is 0 Å². The highest BCUT2D eigenvalue weighted by molar-refractivity contribution is 5.97. The van der Waals surface area contributed by atoms with E-state index in [4.69, 9.17) is 5.73 Å². The van der Waals surface area contributed by atoms with Gasteiger partial charge in [0.25, 0.3) is 0 Å². The Hall–Kier alpha value is -1.19. The molecule has 1 heterocycles. The maximum Gasteiger partial charge on any atom is 0.163 e. The minimum absolute atomic E-state index is 0.0784. The molecule has 1 fully saturated rings. The van der Waals surface area contributed by atoms with Crippen molar-refractivity contribution < 1.29 is 4.79 Å². The minimum atomic E-state index is 0.0784. The quantitative estimate of drug-likeness (QED) is 0.527. The van der Waals surface area contributed by atoms with Crippen LogP contribution in [0.2, 0.25) is 0 Å². The highest BCUT2D eigenvalue weighted by atomic mass is 16.1. The van der Waals surface area contributed by atoms with Gasteiger partial charge in [0.05, 0.1) is 0 Å². The van der Waals surface area contributed by atoms with Crippen molar-refractivity contribution in [2.75, 3.05) is 19.6 Å². The Morgan fingerprint density at radius 1 is 1.15 bits per heavy atom. The number of rotatable bonds is 11. The van der Waals surface area contributed by atoms with Gasteiger partial charge < -0.3 is 10.6 Å². The minimum Gasteiger partial charge on any atom is -0.326 e. The number of unbranched alkanes of at least 4 members (excludes halogenated alkanes) is 1. The molecular weight excluding hydrogens is 332 g/mol. The molecule has 0 spiro atoms. The Morgan fingerprint density at radius 3 is 2.41 bits per heavy atom. The number of nitrogens with two attached hydrogens (primary N) is 1. The first-order valence-electron chi connectivity index (χ1n) is 11.1. The van der Waals surface area contributed by atoms with E-state index in [0.717, 1.165) is 36.4 Å². The van der Waals surface area contributed by atoms with E-state index in [9.17, 15) is 4.79 Å². The number of carbonyl (C=O) groups excluding carboxylic acids is 1. The van der Waals surface area contributed by atoms with Gasteiger partial charge in [-0.3, -0.25) is 4.79 Å². The van der Waals surface area contributed by atoms with Gasteiger partial charge in [-0.1, -0.05) is 64.3 Å². The molecule has 0 aliphatic carbocycles. The summed E-state index contributed by atoms with van der Waals surface area (Å²) in [6.45, 7) is 10.7. The Kier molecular flexibility index (Phi) is 8.98. The van der Waals surface area contributed by atoms with E-state index in [-0.39, 0.29) is 11.2 Å². The van der Waals surface area contributed by atoms with Crippen molar-refractivity contribution >= 4 is 5.78 Å². The zero-order valence-corrected chi connectivity index (χ0v) is 17.8. The molecule has 152 valence electrons. The monoisotopic (exact) mass is 372 g/mol. The second kappa shape index (κ2) is 11.0. The summed E-state index contributed by atoms with van der Waals surface area (Å²) >= 11 is 0. The summed E-state index contributed by atoms with van der Waals surface area (Å²) in [5, 5.41) is 0. The molecule has 0 amide bonds. The molecule has 0 aromatic heterocycles. The highest BCUT2D eigenvalue weighted by Gasteiger charge is 2.33. The SMILES string of the molecule is CCCCC1CCN(CC(CC)(CC)CC(=O)c2ccccc2CN)CC1. The van der Waals surface area contributed by atoms with E-state index in [1.807, 2.05) is 24.3 Å². The molecule has 27 heavy (non-hydrogen) atoms. The van der Waals surface area contributed by atoms with E-state index < -0.39 is 0 Å². The van der Waals surface area contributed by atoms with Crippen LogP contribution >= 0.6 is 0 Å². The number of ketones is 1. The second-order valence-electron chi connectivity index (χ2n) is 8.53. The largest absolute Gasteiger partial charge is 0.326 e. The van der Waals surface area contributed by atoms with Gasteiger partial charge in [-0.05, 0) is 55.7 Å². The number of carbonyl (C=O) groups is 1. The van der Waals surface area contributed by atoms with Crippen molar-refractivity contribution in [3.8, 4) is 0 Å². The fourth-order valence-electron chi connectivity index (χ4n) is 4.59. The number of hydrogen-bond donors (Lipinski definition) is 1. The lowest BCUT2D eigenvalue weighted by Gasteiger charge is -2.40. The van der Waals surface area contributed by atoms with Gasteiger partial charge in [0.15, 0.2) is 5.78 Å². The molecule has 1 aromatic rings. The van der Waals surface area contributed by atoms with Gasteiger partial charge >= 0.3 is 0 Å². The molecule has 2 rings (SSSR count). The Balaban J connectivity index is 1.99. The topological polar surface area (TPSA) is 46.3 Å². The van der Waals surface area contributed by atoms with E-state index in [1.54, 1.807) is 0 Å². The van der Waals surface area contributed by atoms with Crippen LogP contribution in [0.25, 0.3) is 0 Å². The molecule has 0 radical (unpaired) electrons. The van der Waals surface area contributed by atoms with Crippen LogP contribution in [0, 0.1) is 11.3 Å². The summed E-state index contributed by atoms with van der Waals surface area (Å²) in [6.07, 6.45) is 9.46. The van der Waals surface area contributed by atoms with Crippen LogP contribution in [0.1, 0.15) is 88.1 Å². The van der Waals surface area contributed by atoms with Crippen LogP contribution in [0.15, 0.2) is 24.3 Å². The first-order chi connectivity index (χ1) is 13.1. The lowest BCUT2D eigenvalue weighted by atomic mass is 9.75. The summed E-state index contributed by atoms with van der Waals surface area (Å²) in [5.41, 5.74) is 7.73. The summed E-state index contributed by atoms with van der Waals surface area (Å²) in [4.78, 5) is 15.7. The summed E-state index contributed by atoms with van der Waals surface area (Å²) in [7, 11) is 0. The van der Waals surface area contributed by atoms with E-state index in [0.29, 0.717) is 13.0 Å². The van der Waals surface area contributed by atoms with Gasteiger partial charge in [-0.2, -0.15) is 0 Å². The molecule has 0 unspecified atom stereocenters. The molecular formula is C24H40N2O. The Morgan fingerprint density at radius 2 is 1.81 bits per heavy atom. The number of hydrogen-bond acceptors (Lipinski definition) is 3. The number of piperidine rings is 1. The zero-order chi connectivity index (χ0) is 19.7. The van der Waals surface area contributed by atoms with Crippen molar-refractivity contribution in [2.45, 2.75) is 78.7 Å². The van der Waals surface area contributed by atoms with E-state index in [2.05, 4.69) is 25.7 Å². The highest BCUT2D eigenvalue weighted by Crippen LogP contribution is 2.35. The smallest absolute Gasteiger partial charge is 0.163 e. The van der Waals surface area contributed by atoms with E-state index >= 15 is 0 Å². The first kappa shape index (κ1) is 22.1. The molecule has 1 saturated heterocycles. The van der Waals surface area contributed by atoms with Gasteiger partial charge in [0.1, 0.15) is 0 Å². The van der Waals surface area contributed by atoms with Gasteiger partial charge in [-0.15, -0.1) is 0 Å². The predicted molar refractivity (Wildman–Crippen MR) is 115 cm³/mol. The van der Waals surface area contributed by atoms with Crippen LogP contribution in [0.3, 0.4) is 0 Å². The second-order valence-corrected chi connectivity index (χ2v) is 8.53. The number of nitrogens with zero attached hydrogens (tertiary/aromatic N) is 1. The molecule has 0 bridgehead atoms. The van der Waals surface area contributed by atoms with Crippen molar-refractivity contribution in [1.82, 2.24) is 4.90 Å². The molecule has 0 atom stereocenters. The summed E-state index contributed by atoms with van der Waals surface area (Å²) in [6, 6.07) is 7.84. The molecule has 3 nitrogen and oxygen atoms in total. The first-order valence-corrected chi connectivity index (χ1v) is 11.1. The summed E-state index contributed by atoms with van der Waals surface area (Å²) < 4.78 is 0. The maximum absolute atomic E-state index is 13.1. The van der Waals surface area contributed by atoms with Gasteiger partial charge in [-0.25, -0.2) is 0 Å². The molecule has 1 aliphatic rings. The van der Waals surface area contributed by atoms with E-state index in [1.165, 1.54) is 45.2 Å². The van der Waals surface area contributed by atoms with Crippen molar-refractivity contribution in [3.05, 3.63) is 35.4 Å². The predicted octanol–water partition coefficient (Wildman–Crippen LogP) is 5.43. The Bertz CT molecular complexity index is 571. The lowest BCUT2D eigenvalue weighted by molar-refractivity contribution is 0.0729. The molecule has 0 saturated carbocycles. The zero-order valence-electron chi connectivity index (χ0n) is 17.8. The molecule has 1 aliphatic heterocycles. The lowest BCUT2D eigenvalue weighted by Crippen LogP contribution is -2.42. The van der Waals surface area contributed by atoms with Gasteiger partial charge in [0.2, 0.25) is 0 Å². The fraction of sp³-hybridized carbons (Fsp3) is 0.708. The third kappa shape index (κ3) is 6.15. The molecule has 2 N–H and O–H groups in total. The molecule has 1 aromatic carbocycles. The number of likely N-dealkylation sites (tertiary alicyclic amines) is 1. The fourth-order valence-corrected chi connectivity index (χ4v) is 4.59. The average molecular weight is 373 g/mol. The van der Waals surface area contributed by atoms with Crippen LogP contribution < -0.4 is 5.73 Å². The normalized spacial score (nSPS) is 16.6.